The Hall–Kier alpha value is -2.61. The lowest BCUT2D eigenvalue weighted by molar-refractivity contribution is -0.146. The van der Waals surface area contributed by atoms with Crippen molar-refractivity contribution in [3.05, 3.63) is 65.3 Å². The van der Waals surface area contributed by atoms with E-state index in [2.05, 4.69) is 15.2 Å². The zero-order valence-corrected chi connectivity index (χ0v) is 16.1. The molecule has 1 saturated carbocycles. The highest BCUT2D eigenvalue weighted by molar-refractivity contribution is 6.30. The van der Waals surface area contributed by atoms with Crippen LogP contribution in [0.15, 0.2) is 48.7 Å². The van der Waals surface area contributed by atoms with Gasteiger partial charge in [0.15, 0.2) is 0 Å². The van der Waals surface area contributed by atoms with Gasteiger partial charge in [-0.15, -0.1) is 10.2 Å². The number of pyridine rings is 1. The quantitative estimate of drug-likeness (QED) is 0.561. The number of benzene rings is 1. The highest BCUT2D eigenvalue weighted by Gasteiger charge is 2.40. The van der Waals surface area contributed by atoms with E-state index in [-0.39, 0.29) is 12.0 Å². The third kappa shape index (κ3) is 4.37. The molecule has 0 aliphatic heterocycles. The summed E-state index contributed by atoms with van der Waals surface area (Å²) in [4.78, 5) is 4.16. The average molecular weight is 423 g/mol. The molecule has 1 aromatic carbocycles. The van der Waals surface area contributed by atoms with Gasteiger partial charge in [-0.2, -0.15) is 13.2 Å². The van der Waals surface area contributed by atoms with Crippen LogP contribution in [0.5, 0.6) is 5.88 Å². The van der Waals surface area contributed by atoms with Crippen LogP contribution in [0.4, 0.5) is 13.2 Å². The third-order valence-corrected chi connectivity index (χ3v) is 5.24. The van der Waals surface area contributed by atoms with Crippen molar-refractivity contribution in [1.29, 1.82) is 0 Å². The van der Waals surface area contributed by atoms with E-state index < -0.39 is 12.0 Å². The molecule has 0 unspecified atom stereocenters. The van der Waals surface area contributed by atoms with Crippen LogP contribution in [0.3, 0.4) is 0 Å². The van der Waals surface area contributed by atoms with Crippen molar-refractivity contribution in [3.63, 3.8) is 0 Å². The molecular formula is C20H18ClF3N4O. The van der Waals surface area contributed by atoms with Crippen molar-refractivity contribution >= 4 is 11.6 Å². The van der Waals surface area contributed by atoms with E-state index in [1.165, 1.54) is 0 Å². The second-order valence-corrected chi connectivity index (χ2v) is 7.39. The van der Waals surface area contributed by atoms with Crippen LogP contribution in [0.2, 0.25) is 5.02 Å². The van der Waals surface area contributed by atoms with Crippen molar-refractivity contribution in [2.24, 2.45) is 0 Å². The van der Waals surface area contributed by atoms with E-state index in [0.29, 0.717) is 48.1 Å². The Bertz CT molecular complexity index is 952. The molecule has 1 aliphatic rings. The molecule has 2 heterocycles. The van der Waals surface area contributed by atoms with Crippen LogP contribution in [0.1, 0.15) is 43.3 Å². The number of nitrogens with zero attached hydrogens (tertiary/aromatic N) is 4. The Labute approximate surface area is 170 Å². The minimum Gasteiger partial charge on any atom is -0.474 e. The lowest BCUT2D eigenvalue weighted by atomic mass is 9.86. The maximum absolute atomic E-state index is 13.5. The molecule has 29 heavy (non-hydrogen) atoms. The molecule has 0 radical (unpaired) electrons. The smallest absolute Gasteiger partial charge is 0.452 e. The summed E-state index contributed by atoms with van der Waals surface area (Å²) in [6.07, 6.45) is -0.248. The first-order chi connectivity index (χ1) is 13.9. The highest BCUT2D eigenvalue weighted by Crippen LogP contribution is 2.38. The fraction of sp³-hybridized carbons (Fsp3) is 0.350. The molecule has 0 amide bonds. The van der Waals surface area contributed by atoms with Crippen LogP contribution in [0.25, 0.3) is 5.69 Å². The minimum absolute atomic E-state index is 0.0184. The van der Waals surface area contributed by atoms with Crippen molar-refractivity contribution in [1.82, 2.24) is 19.7 Å². The predicted octanol–water partition coefficient (Wildman–Crippen LogP) is 5.44. The molecule has 0 spiro atoms. The minimum atomic E-state index is -4.61. The third-order valence-electron chi connectivity index (χ3n) is 4.99. The fourth-order valence-electron chi connectivity index (χ4n) is 3.62. The summed E-state index contributed by atoms with van der Waals surface area (Å²) in [5.41, 5.74) is 0.341. The second kappa shape index (κ2) is 8.02. The zero-order chi connectivity index (χ0) is 20.4. The van der Waals surface area contributed by atoms with Gasteiger partial charge in [-0.3, -0.25) is 4.57 Å². The largest absolute Gasteiger partial charge is 0.474 e. The molecule has 0 saturated heterocycles. The van der Waals surface area contributed by atoms with Gasteiger partial charge in [0, 0.05) is 28.9 Å². The van der Waals surface area contributed by atoms with E-state index in [9.17, 15) is 13.2 Å². The Kier molecular flexibility index (Phi) is 5.45. The van der Waals surface area contributed by atoms with Crippen LogP contribution >= 0.6 is 11.6 Å². The van der Waals surface area contributed by atoms with Gasteiger partial charge in [-0.1, -0.05) is 17.7 Å². The summed E-state index contributed by atoms with van der Waals surface area (Å²) in [6, 6.07) is 11.6. The molecule has 0 atom stereocenters. The number of hydrogen-bond acceptors (Lipinski definition) is 4. The first-order valence-electron chi connectivity index (χ1n) is 9.28. The van der Waals surface area contributed by atoms with Crippen LogP contribution in [-0.2, 0) is 6.18 Å². The molecule has 152 valence electrons. The SMILES string of the molecule is FC(F)(F)c1nnc([C@H]2CC[C@H](Oc3ccccn3)CC2)n1-c1ccc(Cl)cc1. The van der Waals surface area contributed by atoms with Gasteiger partial charge in [-0.05, 0) is 56.0 Å². The summed E-state index contributed by atoms with van der Waals surface area (Å²) in [5.74, 6) is -0.296. The number of alkyl halides is 3. The Morgan fingerprint density at radius 3 is 2.31 bits per heavy atom. The maximum Gasteiger partial charge on any atom is 0.452 e. The van der Waals surface area contributed by atoms with Crippen molar-refractivity contribution in [3.8, 4) is 11.6 Å². The molecular weight excluding hydrogens is 405 g/mol. The van der Waals surface area contributed by atoms with Gasteiger partial charge >= 0.3 is 6.18 Å². The molecule has 1 fully saturated rings. The van der Waals surface area contributed by atoms with Crippen molar-refractivity contribution < 1.29 is 17.9 Å². The molecule has 2 aromatic heterocycles. The topological polar surface area (TPSA) is 52.8 Å². The lowest BCUT2D eigenvalue weighted by Crippen LogP contribution is -2.25. The summed E-state index contributed by atoms with van der Waals surface area (Å²) < 4.78 is 47.5. The summed E-state index contributed by atoms with van der Waals surface area (Å²) >= 11 is 5.89. The number of aromatic nitrogens is 4. The second-order valence-electron chi connectivity index (χ2n) is 6.95. The number of ether oxygens (including phenoxy) is 1. The fourth-order valence-corrected chi connectivity index (χ4v) is 3.74. The van der Waals surface area contributed by atoms with Gasteiger partial charge in [0.2, 0.25) is 11.7 Å². The lowest BCUT2D eigenvalue weighted by Gasteiger charge is -2.28. The molecule has 5 nitrogen and oxygen atoms in total. The average Bonchev–Trinajstić information content (AvgIpc) is 3.16. The summed E-state index contributed by atoms with van der Waals surface area (Å²) in [5, 5.41) is 7.83. The first-order valence-corrected chi connectivity index (χ1v) is 9.66. The van der Waals surface area contributed by atoms with Gasteiger partial charge in [0.1, 0.15) is 11.9 Å². The zero-order valence-electron chi connectivity index (χ0n) is 15.3. The van der Waals surface area contributed by atoms with E-state index in [4.69, 9.17) is 16.3 Å². The molecule has 1 aliphatic carbocycles. The molecule has 9 heteroatoms. The highest BCUT2D eigenvalue weighted by atomic mass is 35.5. The van der Waals surface area contributed by atoms with Gasteiger partial charge in [-0.25, -0.2) is 4.98 Å². The predicted molar refractivity (Wildman–Crippen MR) is 101 cm³/mol. The molecule has 4 rings (SSSR count). The van der Waals surface area contributed by atoms with Crippen molar-refractivity contribution in [2.75, 3.05) is 0 Å². The molecule has 0 N–H and O–H groups in total. The molecule has 0 bridgehead atoms. The number of halogens is 4. The van der Waals surface area contributed by atoms with Gasteiger partial charge in [0.25, 0.3) is 0 Å². The standard InChI is InChI=1S/C20H18ClF3N4O/c21-14-6-8-15(9-7-14)28-18(26-27-19(28)20(22,23)24)13-4-10-16(11-5-13)29-17-3-1-2-12-25-17/h1-3,6-9,12-13,16H,4-5,10-11H2/t13-,16-. The normalized spacial score (nSPS) is 19.9. The van der Waals surface area contributed by atoms with E-state index in [1.807, 2.05) is 12.1 Å². The Balaban J connectivity index is 1.56. The van der Waals surface area contributed by atoms with Crippen LogP contribution in [-0.4, -0.2) is 25.9 Å². The summed E-state index contributed by atoms with van der Waals surface area (Å²) in [6.45, 7) is 0. The monoisotopic (exact) mass is 422 g/mol. The van der Waals surface area contributed by atoms with E-state index in [0.717, 1.165) is 4.57 Å². The van der Waals surface area contributed by atoms with E-state index in [1.54, 1.807) is 36.5 Å². The number of rotatable bonds is 4. The number of hydrogen-bond donors (Lipinski definition) is 0. The summed E-state index contributed by atoms with van der Waals surface area (Å²) in [7, 11) is 0. The van der Waals surface area contributed by atoms with Crippen LogP contribution in [0, 0.1) is 0 Å². The molecule has 3 aromatic rings. The van der Waals surface area contributed by atoms with Crippen LogP contribution < -0.4 is 4.74 Å². The van der Waals surface area contributed by atoms with E-state index >= 15 is 0 Å². The Morgan fingerprint density at radius 2 is 1.69 bits per heavy atom. The first kappa shape index (κ1) is 19.7. The van der Waals surface area contributed by atoms with Gasteiger partial charge < -0.3 is 4.74 Å². The Morgan fingerprint density at radius 1 is 0.966 bits per heavy atom. The van der Waals surface area contributed by atoms with Gasteiger partial charge in [0.05, 0.1) is 0 Å². The maximum atomic E-state index is 13.5. The van der Waals surface area contributed by atoms with Crippen molar-refractivity contribution in [2.45, 2.75) is 43.9 Å².